The summed E-state index contributed by atoms with van der Waals surface area (Å²) in [6, 6.07) is 8.88. The lowest BCUT2D eigenvalue weighted by atomic mass is 9.89. The Morgan fingerprint density at radius 1 is 1.43 bits per heavy atom. The third-order valence-electron chi connectivity index (χ3n) is 2.23. The van der Waals surface area contributed by atoms with Crippen LogP contribution in [-0.4, -0.2) is 16.6 Å². The van der Waals surface area contributed by atoms with Gasteiger partial charge in [0.1, 0.15) is 5.54 Å². The Balaban J connectivity index is 0.00000169. The molecule has 1 aromatic rings. The number of rotatable bonds is 3. The molecule has 4 heteroatoms. The van der Waals surface area contributed by atoms with Crippen LogP contribution in [0.5, 0.6) is 0 Å². The lowest BCUT2D eigenvalue weighted by molar-refractivity contribution is -0.143. The molecular weight excluding hydrogens is 182 g/mol. The van der Waals surface area contributed by atoms with E-state index in [1.165, 1.54) is 0 Å². The van der Waals surface area contributed by atoms with Gasteiger partial charge < -0.3 is 16.3 Å². The number of carbonyl (C=O) groups is 1. The van der Waals surface area contributed by atoms with Crippen LogP contribution >= 0.6 is 0 Å². The molecule has 0 aliphatic heterocycles. The zero-order valence-electron chi connectivity index (χ0n) is 8.03. The molecule has 0 fully saturated rings. The topological polar surface area (TPSA) is 94.8 Å². The summed E-state index contributed by atoms with van der Waals surface area (Å²) >= 11 is 0. The summed E-state index contributed by atoms with van der Waals surface area (Å²) in [6.07, 6.45) is 0.381. The van der Waals surface area contributed by atoms with Gasteiger partial charge in [0.25, 0.3) is 0 Å². The lowest BCUT2D eigenvalue weighted by Gasteiger charge is -2.23. The van der Waals surface area contributed by atoms with Crippen molar-refractivity contribution in [3.8, 4) is 0 Å². The van der Waals surface area contributed by atoms with Gasteiger partial charge in [0.15, 0.2) is 0 Å². The van der Waals surface area contributed by atoms with Gasteiger partial charge in [-0.3, -0.25) is 0 Å². The van der Waals surface area contributed by atoms with Gasteiger partial charge in [0.05, 0.1) is 0 Å². The molecule has 4 nitrogen and oxygen atoms in total. The molecule has 0 spiro atoms. The van der Waals surface area contributed by atoms with Gasteiger partial charge in [-0.05, 0) is 12.0 Å². The summed E-state index contributed by atoms with van der Waals surface area (Å²) in [4.78, 5) is 10.9. The highest BCUT2D eigenvalue weighted by molar-refractivity contribution is 5.80. The van der Waals surface area contributed by atoms with Gasteiger partial charge in [0, 0.05) is 0 Å². The molecule has 0 aliphatic carbocycles. The first-order valence-electron chi connectivity index (χ1n) is 4.19. The molecule has 1 aromatic carbocycles. The van der Waals surface area contributed by atoms with Crippen LogP contribution in [0, 0.1) is 0 Å². The second-order valence-electron chi connectivity index (χ2n) is 3.00. The molecule has 0 saturated heterocycles. The Bertz CT molecular complexity index is 299. The van der Waals surface area contributed by atoms with Crippen molar-refractivity contribution in [2.24, 2.45) is 5.73 Å². The maximum Gasteiger partial charge on any atom is 0.328 e. The fourth-order valence-electron chi connectivity index (χ4n) is 1.21. The fraction of sp³-hybridized carbons (Fsp3) is 0.300. The molecule has 0 amide bonds. The van der Waals surface area contributed by atoms with E-state index in [9.17, 15) is 4.79 Å². The van der Waals surface area contributed by atoms with Crippen LogP contribution in [0.3, 0.4) is 0 Å². The number of benzene rings is 1. The molecule has 0 aliphatic rings. The molecule has 0 bridgehead atoms. The summed E-state index contributed by atoms with van der Waals surface area (Å²) in [7, 11) is 0. The smallest absolute Gasteiger partial charge is 0.328 e. The van der Waals surface area contributed by atoms with Crippen molar-refractivity contribution in [1.29, 1.82) is 0 Å². The Hall–Kier alpha value is -1.39. The maximum atomic E-state index is 10.9. The molecule has 1 atom stereocenters. The predicted octanol–water partition coefficient (Wildman–Crippen LogP) is 0.510. The second-order valence-corrected chi connectivity index (χ2v) is 3.00. The van der Waals surface area contributed by atoms with Gasteiger partial charge in [-0.15, -0.1) is 0 Å². The second kappa shape index (κ2) is 4.74. The van der Waals surface area contributed by atoms with Crippen molar-refractivity contribution in [2.45, 2.75) is 18.9 Å². The molecule has 0 radical (unpaired) electrons. The van der Waals surface area contributed by atoms with E-state index in [-0.39, 0.29) is 5.48 Å². The Kier molecular flexibility index (Phi) is 4.27. The van der Waals surface area contributed by atoms with Crippen LogP contribution in [0.15, 0.2) is 30.3 Å². The number of carboxylic acid groups (broad SMARTS) is 1. The van der Waals surface area contributed by atoms with Gasteiger partial charge in [-0.2, -0.15) is 0 Å². The first kappa shape index (κ1) is 12.6. The van der Waals surface area contributed by atoms with E-state index in [1.807, 2.05) is 6.07 Å². The lowest BCUT2D eigenvalue weighted by Crippen LogP contribution is -2.44. The van der Waals surface area contributed by atoms with Crippen LogP contribution in [0.25, 0.3) is 0 Å². The molecule has 14 heavy (non-hydrogen) atoms. The van der Waals surface area contributed by atoms with Crippen molar-refractivity contribution in [3.63, 3.8) is 0 Å². The third-order valence-corrected chi connectivity index (χ3v) is 2.23. The van der Waals surface area contributed by atoms with Crippen molar-refractivity contribution in [3.05, 3.63) is 35.9 Å². The zero-order chi connectivity index (χ0) is 9.90. The highest BCUT2D eigenvalue weighted by Crippen LogP contribution is 2.21. The molecule has 5 N–H and O–H groups in total. The Labute approximate surface area is 82.7 Å². The minimum atomic E-state index is -1.25. The van der Waals surface area contributed by atoms with Gasteiger partial charge in [-0.25, -0.2) is 4.79 Å². The standard InChI is InChI=1S/C10H13NO2.H2O/c1-2-10(11,9(12)13)8-6-4-3-5-7-8;/h3-7H,2,11H2,1H3,(H,12,13);1H2. The van der Waals surface area contributed by atoms with E-state index in [2.05, 4.69) is 0 Å². The summed E-state index contributed by atoms with van der Waals surface area (Å²) < 4.78 is 0. The number of aliphatic carboxylic acids is 1. The van der Waals surface area contributed by atoms with Crippen molar-refractivity contribution >= 4 is 5.97 Å². The summed E-state index contributed by atoms with van der Waals surface area (Å²) in [5.74, 6) is -0.985. The molecule has 1 rings (SSSR count). The number of nitrogens with two attached hydrogens (primary N) is 1. The van der Waals surface area contributed by atoms with Crippen LogP contribution in [0.4, 0.5) is 0 Å². The molecule has 0 saturated carbocycles. The minimum Gasteiger partial charge on any atom is -0.480 e. The van der Waals surface area contributed by atoms with Gasteiger partial charge in [-0.1, -0.05) is 37.3 Å². The highest BCUT2D eigenvalue weighted by Gasteiger charge is 2.33. The quantitative estimate of drug-likeness (QED) is 0.739. The van der Waals surface area contributed by atoms with E-state index in [1.54, 1.807) is 31.2 Å². The van der Waals surface area contributed by atoms with Gasteiger partial charge in [0.2, 0.25) is 0 Å². The average Bonchev–Trinajstić information content (AvgIpc) is 2.17. The zero-order valence-corrected chi connectivity index (χ0v) is 8.03. The molecule has 0 heterocycles. The van der Waals surface area contributed by atoms with Crippen LogP contribution in [-0.2, 0) is 10.3 Å². The summed E-state index contributed by atoms with van der Waals surface area (Å²) in [5, 5.41) is 8.96. The van der Waals surface area contributed by atoms with E-state index in [4.69, 9.17) is 10.8 Å². The maximum absolute atomic E-state index is 10.9. The van der Waals surface area contributed by atoms with E-state index < -0.39 is 11.5 Å². The molecule has 78 valence electrons. The molecule has 1 unspecified atom stereocenters. The van der Waals surface area contributed by atoms with E-state index >= 15 is 0 Å². The highest BCUT2D eigenvalue weighted by atomic mass is 16.4. The van der Waals surface area contributed by atoms with Crippen LogP contribution in [0.1, 0.15) is 18.9 Å². The third kappa shape index (κ3) is 2.10. The van der Waals surface area contributed by atoms with Crippen molar-refractivity contribution < 1.29 is 15.4 Å². The average molecular weight is 197 g/mol. The normalized spacial score (nSPS) is 13.9. The molecule has 0 aromatic heterocycles. The number of carboxylic acids is 1. The Morgan fingerprint density at radius 3 is 2.29 bits per heavy atom. The van der Waals surface area contributed by atoms with Gasteiger partial charge >= 0.3 is 5.97 Å². The monoisotopic (exact) mass is 197 g/mol. The largest absolute Gasteiger partial charge is 0.480 e. The van der Waals surface area contributed by atoms with E-state index in [0.29, 0.717) is 12.0 Å². The Morgan fingerprint density at radius 2 is 1.93 bits per heavy atom. The SMILES string of the molecule is CCC(N)(C(=O)O)c1ccccc1.O. The van der Waals surface area contributed by atoms with Crippen molar-refractivity contribution in [1.82, 2.24) is 0 Å². The fourth-order valence-corrected chi connectivity index (χ4v) is 1.21. The van der Waals surface area contributed by atoms with Crippen LogP contribution in [0.2, 0.25) is 0 Å². The van der Waals surface area contributed by atoms with Crippen molar-refractivity contribution in [2.75, 3.05) is 0 Å². The van der Waals surface area contributed by atoms with Crippen LogP contribution < -0.4 is 5.73 Å². The number of hydrogen-bond acceptors (Lipinski definition) is 2. The first-order chi connectivity index (χ1) is 6.11. The summed E-state index contributed by atoms with van der Waals surface area (Å²) in [6.45, 7) is 1.76. The number of hydrogen-bond donors (Lipinski definition) is 2. The minimum absolute atomic E-state index is 0. The summed E-state index contributed by atoms with van der Waals surface area (Å²) in [5.41, 5.74) is 5.16. The van der Waals surface area contributed by atoms with E-state index in [0.717, 1.165) is 0 Å². The predicted molar refractivity (Wildman–Crippen MR) is 53.8 cm³/mol. The first-order valence-corrected chi connectivity index (χ1v) is 4.19. The molecular formula is C10H15NO3.